The lowest BCUT2D eigenvalue weighted by atomic mass is 10.0. The number of Topliss-reactive ketones (excluding diaryl/α,β-unsaturated/α-hetero) is 1. The fourth-order valence-electron chi connectivity index (χ4n) is 3.80. The normalized spacial score (nSPS) is 23.3. The van der Waals surface area contributed by atoms with Gasteiger partial charge in [0, 0.05) is 17.7 Å². The van der Waals surface area contributed by atoms with Crippen molar-refractivity contribution in [2.75, 3.05) is 13.7 Å². The number of methoxy groups -OCH3 is 1. The number of benzene rings is 2. The minimum atomic E-state index is -0.748. The van der Waals surface area contributed by atoms with Crippen LogP contribution in [-0.2, 0) is 14.3 Å². The predicted molar refractivity (Wildman–Crippen MR) is 108 cm³/mol. The SMILES string of the molecule is COc1ccc(-c2nn([C@H]3CC(=O)[C@@H]4OC[C@@H]3O4)c(=S)n2-c2ccccc2)cc1. The molecule has 2 saturated heterocycles. The molecule has 0 radical (unpaired) electrons. The van der Waals surface area contributed by atoms with Gasteiger partial charge >= 0.3 is 0 Å². The molecule has 5 rings (SSSR count). The fourth-order valence-corrected chi connectivity index (χ4v) is 4.17. The summed E-state index contributed by atoms with van der Waals surface area (Å²) in [5.41, 5.74) is 1.79. The zero-order valence-electron chi connectivity index (χ0n) is 15.7. The van der Waals surface area contributed by atoms with E-state index in [4.69, 9.17) is 31.5 Å². The van der Waals surface area contributed by atoms with Gasteiger partial charge in [0.15, 0.2) is 11.6 Å². The number of carbonyl (C=O) groups is 1. The second kappa shape index (κ2) is 7.22. The van der Waals surface area contributed by atoms with Crippen LogP contribution >= 0.6 is 12.2 Å². The molecule has 2 aliphatic heterocycles. The van der Waals surface area contributed by atoms with E-state index in [0.717, 1.165) is 17.0 Å². The molecule has 0 amide bonds. The Morgan fingerprint density at radius 2 is 1.90 bits per heavy atom. The summed E-state index contributed by atoms with van der Waals surface area (Å²) in [6.07, 6.45) is -0.702. The van der Waals surface area contributed by atoms with E-state index >= 15 is 0 Å². The van der Waals surface area contributed by atoms with Crippen molar-refractivity contribution < 1.29 is 19.0 Å². The van der Waals surface area contributed by atoms with E-state index in [9.17, 15) is 4.79 Å². The first kappa shape index (κ1) is 18.2. The van der Waals surface area contributed by atoms with Crippen LogP contribution in [0.1, 0.15) is 12.5 Å². The van der Waals surface area contributed by atoms with Crippen molar-refractivity contribution >= 4 is 18.0 Å². The molecule has 29 heavy (non-hydrogen) atoms. The maximum absolute atomic E-state index is 12.3. The van der Waals surface area contributed by atoms with Crippen LogP contribution in [0, 0.1) is 4.77 Å². The topological polar surface area (TPSA) is 67.5 Å². The molecule has 2 aromatic carbocycles. The van der Waals surface area contributed by atoms with E-state index in [1.807, 2.05) is 59.2 Å². The molecule has 0 saturated carbocycles. The van der Waals surface area contributed by atoms with E-state index < -0.39 is 6.29 Å². The summed E-state index contributed by atoms with van der Waals surface area (Å²) >= 11 is 5.81. The Morgan fingerprint density at radius 3 is 2.62 bits per heavy atom. The van der Waals surface area contributed by atoms with Gasteiger partial charge in [-0.15, -0.1) is 0 Å². The third kappa shape index (κ3) is 3.09. The fraction of sp³-hybridized carbons (Fsp3) is 0.286. The molecule has 2 fully saturated rings. The third-order valence-electron chi connectivity index (χ3n) is 5.29. The lowest BCUT2D eigenvalue weighted by Gasteiger charge is -2.26. The number of nitrogens with zero attached hydrogens (tertiary/aromatic N) is 3. The van der Waals surface area contributed by atoms with E-state index in [1.165, 1.54) is 0 Å². The first-order valence-electron chi connectivity index (χ1n) is 9.37. The third-order valence-corrected chi connectivity index (χ3v) is 5.66. The predicted octanol–water partition coefficient (Wildman–Crippen LogP) is 3.33. The molecule has 3 aromatic rings. The molecule has 2 bridgehead atoms. The van der Waals surface area contributed by atoms with Crippen molar-refractivity contribution in [3.8, 4) is 22.8 Å². The van der Waals surface area contributed by atoms with Gasteiger partial charge in [0.1, 0.15) is 11.9 Å². The number of aromatic nitrogens is 3. The van der Waals surface area contributed by atoms with Crippen molar-refractivity contribution in [3.05, 3.63) is 59.4 Å². The first-order chi connectivity index (χ1) is 14.2. The minimum Gasteiger partial charge on any atom is -0.497 e. The van der Waals surface area contributed by atoms with Crippen molar-refractivity contribution in [3.63, 3.8) is 0 Å². The van der Waals surface area contributed by atoms with Gasteiger partial charge in [0.2, 0.25) is 11.1 Å². The average Bonchev–Trinajstić information content (AvgIpc) is 3.34. The standard InChI is InChI=1S/C21H19N3O4S/c1-26-15-9-7-13(8-10-15)19-22-24(16-11-17(25)20-27-12-18(16)28-20)21(29)23(19)14-5-3-2-4-6-14/h2-10,16,18,20H,11-12H2,1H3/t16-,18-,20+/m0/s1. The van der Waals surface area contributed by atoms with Crippen LogP contribution < -0.4 is 4.74 Å². The summed E-state index contributed by atoms with van der Waals surface area (Å²) in [4.78, 5) is 12.3. The molecule has 2 aliphatic rings. The highest BCUT2D eigenvalue weighted by atomic mass is 32.1. The average molecular weight is 409 g/mol. The minimum absolute atomic E-state index is 0.0779. The molecule has 0 N–H and O–H groups in total. The van der Waals surface area contributed by atoms with Gasteiger partial charge in [-0.25, -0.2) is 4.68 Å². The highest BCUT2D eigenvalue weighted by molar-refractivity contribution is 7.71. The number of ketones is 1. The van der Waals surface area contributed by atoms with Crippen molar-refractivity contribution in [1.29, 1.82) is 0 Å². The summed E-state index contributed by atoms with van der Waals surface area (Å²) in [7, 11) is 1.63. The van der Waals surface area contributed by atoms with Crippen LogP contribution in [0.2, 0.25) is 0 Å². The zero-order valence-corrected chi connectivity index (χ0v) is 16.5. The van der Waals surface area contributed by atoms with Crippen molar-refractivity contribution in [2.24, 2.45) is 0 Å². The van der Waals surface area contributed by atoms with E-state index in [-0.39, 0.29) is 24.3 Å². The molecule has 3 atom stereocenters. The number of ether oxygens (including phenoxy) is 3. The lowest BCUT2D eigenvalue weighted by Crippen LogP contribution is -2.37. The lowest BCUT2D eigenvalue weighted by molar-refractivity contribution is -0.156. The number of fused-ring (bicyclic) bond motifs is 2. The van der Waals surface area contributed by atoms with Crippen LogP contribution in [0.15, 0.2) is 54.6 Å². The summed E-state index contributed by atoms with van der Waals surface area (Å²) in [5, 5.41) is 4.83. The van der Waals surface area contributed by atoms with Crippen LogP contribution in [0.25, 0.3) is 17.1 Å². The maximum atomic E-state index is 12.3. The zero-order chi connectivity index (χ0) is 20.0. The summed E-state index contributed by atoms with van der Waals surface area (Å²) in [6, 6.07) is 17.2. The molecule has 0 unspecified atom stereocenters. The Bertz CT molecular complexity index is 1110. The Kier molecular flexibility index (Phi) is 4.54. The summed E-state index contributed by atoms with van der Waals surface area (Å²) < 4.78 is 20.6. The van der Waals surface area contributed by atoms with Crippen LogP contribution in [0.3, 0.4) is 0 Å². The molecular weight excluding hydrogens is 390 g/mol. The van der Waals surface area contributed by atoms with Crippen LogP contribution in [0.4, 0.5) is 0 Å². The number of carbonyl (C=O) groups excluding carboxylic acids is 1. The first-order valence-corrected chi connectivity index (χ1v) is 9.77. The van der Waals surface area contributed by atoms with Gasteiger partial charge in [-0.3, -0.25) is 9.36 Å². The van der Waals surface area contributed by atoms with E-state index in [0.29, 0.717) is 17.2 Å². The number of para-hydroxylation sites is 1. The van der Waals surface area contributed by atoms with Crippen molar-refractivity contribution in [2.45, 2.75) is 24.9 Å². The van der Waals surface area contributed by atoms with Crippen LogP contribution in [-0.4, -0.2) is 46.2 Å². The Morgan fingerprint density at radius 1 is 1.14 bits per heavy atom. The second-order valence-electron chi connectivity index (χ2n) is 7.03. The van der Waals surface area contributed by atoms with Gasteiger partial charge in [-0.05, 0) is 48.6 Å². The number of rotatable bonds is 4. The monoisotopic (exact) mass is 409 g/mol. The van der Waals surface area contributed by atoms with Gasteiger partial charge < -0.3 is 14.2 Å². The maximum Gasteiger partial charge on any atom is 0.218 e. The van der Waals surface area contributed by atoms with Crippen molar-refractivity contribution in [1.82, 2.24) is 14.3 Å². The van der Waals surface area contributed by atoms with E-state index in [1.54, 1.807) is 11.8 Å². The largest absolute Gasteiger partial charge is 0.497 e. The molecule has 3 heterocycles. The second-order valence-corrected chi connectivity index (χ2v) is 7.39. The Balaban J connectivity index is 1.66. The van der Waals surface area contributed by atoms with Crippen LogP contribution in [0.5, 0.6) is 5.75 Å². The summed E-state index contributed by atoms with van der Waals surface area (Å²) in [5.74, 6) is 1.38. The highest BCUT2D eigenvalue weighted by Gasteiger charge is 2.45. The molecule has 148 valence electrons. The molecule has 7 nitrogen and oxygen atoms in total. The Hall–Kier alpha value is -2.81. The van der Waals surface area contributed by atoms with E-state index in [2.05, 4.69) is 0 Å². The summed E-state index contributed by atoms with van der Waals surface area (Å²) in [6.45, 7) is 0.360. The number of hydrogen-bond donors (Lipinski definition) is 0. The van der Waals surface area contributed by atoms with Gasteiger partial charge in [0.05, 0.1) is 19.8 Å². The molecule has 0 aliphatic carbocycles. The highest BCUT2D eigenvalue weighted by Crippen LogP contribution is 2.34. The van der Waals surface area contributed by atoms with Gasteiger partial charge in [0.25, 0.3) is 0 Å². The quantitative estimate of drug-likeness (QED) is 0.616. The smallest absolute Gasteiger partial charge is 0.218 e. The molecule has 0 spiro atoms. The van der Waals surface area contributed by atoms with Gasteiger partial charge in [-0.1, -0.05) is 18.2 Å². The Labute approximate surface area is 172 Å². The molecular formula is C21H19N3O4S. The number of hydrogen-bond acceptors (Lipinski definition) is 6. The van der Waals surface area contributed by atoms with Gasteiger partial charge in [-0.2, -0.15) is 5.10 Å². The molecule has 8 heteroatoms. The molecule has 1 aromatic heterocycles.